The van der Waals surface area contributed by atoms with Crippen LogP contribution in [0, 0.1) is 11.3 Å². The summed E-state index contributed by atoms with van der Waals surface area (Å²) in [6, 6.07) is -0.718. The highest BCUT2D eigenvalue weighted by Gasteiger charge is 2.46. The Labute approximate surface area is 129 Å². The number of carbonyl (C=O) groups excluding carboxylic acids is 2. The Balaban J connectivity index is 2.99. The van der Waals surface area contributed by atoms with Gasteiger partial charge in [0, 0.05) is 6.54 Å². The highest BCUT2D eigenvalue weighted by molar-refractivity contribution is 5.97. The zero-order valence-electron chi connectivity index (χ0n) is 14.5. The molecule has 3 unspecified atom stereocenters. The van der Waals surface area contributed by atoms with Crippen LogP contribution in [0.1, 0.15) is 67.2 Å². The third-order valence-electron chi connectivity index (χ3n) is 4.47. The molecule has 1 fully saturated rings. The van der Waals surface area contributed by atoms with Crippen molar-refractivity contribution >= 4 is 11.8 Å². The number of rotatable bonds is 6. The zero-order valence-corrected chi connectivity index (χ0v) is 14.5. The van der Waals surface area contributed by atoms with Crippen LogP contribution in [0.5, 0.6) is 0 Å². The molecule has 0 aromatic rings. The first kappa shape index (κ1) is 18.0. The van der Waals surface area contributed by atoms with E-state index < -0.39 is 6.04 Å². The molecular formula is C17H32N2O2. The molecule has 1 rings (SSSR count). The van der Waals surface area contributed by atoms with Gasteiger partial charge >= 0.3 is 0 Å². The van der Waals surface area contributed by atoms with E-state index in [-0.39, 0.29) is 29.2 Å². The molecule has 1 saturated heterocycles. The van der Waals surface area contributed by atoms with Crippen molar-refractivity contribution < 1.29 is 9.59 Å². The third-order valence-corrected chi connectivity index (χ3v) is 4.47. The first-order valence-corrected chi connectivity index (χ1v) is 8.34. The second kappa shape index (κ2) is 7.28. The van der Waals surface area contributed by atoms with Gasteiger partial charge in [-0.1, -0.05) is 60.8 Å². The van der Waals surface area contributed by atoms with Gasteiger partial charge in [0.1, 0.15) is 12.1 Å². The molecule has 0 aromatic carbocycles. The van der Waals surface area contributed by atoms with E-state index in [0.29, 0.717) is 6.54 Å². The van der Waals surface area contributed by atoms with Crippen LogP contribution in [0.3, 0.4) is 0 Å². The fraction of sp³-hybridized carbons (Fsp3) is 0.882. The van der Waals surface area contributed by atoms with Gasteiger partial charge in [-0.15, -0.1) is 0 Å². The van der Waals surface area contributed by atoms with Crippen molar-refractivity contribution in [2.24, 2.45) is 11.3 Å². The number of hydrogen-bond donors (Lipinski definition) is 1. The number of amides is 2. The minimum atomic E-state index is -0.410. The highest BCUT2D eigenvalue weighted by Crippen LogP contribution is 2.28. The average molecular weight is 296 g/mol. The number of hydrogen-bond acceptors (Lipinski definition) is 2. The van der Waals surface area contributed by atoms with Crippen molar-refractivity contribution in [2.75, 3.05) is 6.54 Å². The molecule has 1 aliphatic rings. The normalized spacial score (nSPS) is 25.0. The lowest BCUT2D eigenvalue weighted by atomic mass is 9.82. The quantitative estimate of drug-likeness (QED) is 0.766. The van der Waals surface area contributed by atoms with Crippen molar-refractivity contribution in [3.05, 3.63) is 0 Å². The Bertz CT molecular complexity index is 373. The summed E-state index contributed by atoms with van der Waals surface area (Å²) in [6.07, 6.45) is 4.08. The van der Waals surface area contributed by atoms with Crippen LogP contribution in [0.2, 0.25) is 0 Å². The summed E-state index contributed by atoms with van der Waals surface area (Å²) in [5, 5.41) is 2.96. The van der Waals surface area contributed by atoms with Crippen molar-refractivity contribution in [1.29, 1.82) is 0 Å². The predicted molar refractivity (Wildman–Crippen MR) is 85.9 cm³/mol. The maximum atomic E-state index is 12.9. The minimum Gasteiger partial charge on any atom is -0.342 e. The van der Waals surface area contributed by atoms with Crippen LogP contribution >= 0.6 is 0 Å². The van der Waals surface area contributed by atoms with Gasteiger partial charge in [0.15, 0.2) is 0 Å². The average Bonchev–Trinajstić information content (AvgIpc) is 2.40. The summed E-state index contributed by atoms with van der Waals surface area (Å²) in [5.41, 5.74) is -0.254. The first-order chi connectivity index (χ1) is 9.73. The zero-order chi connectivity index (χ0) is 16.2. The minimum absolute atomic E-state index is 0.0142. The van der Waals surface area contributed by atoms with Gasteiger partial charge in [-0.05, 0) is 17.8 Å². The lowest BCUT2D eigenvalue weighted by molar-refractivity contribution is -0.154. The Morgan fingerprint density at radius 2 is 1.81 bits per heavy atom. The van der Waals surface area contributed by atoms with E-state index in [1.807, 2.05) is 25.7 Å². The van der Waals surface area contributed by atoms with Crippen LogP contribution in [0.25, 0.3) is 0 Å². The Kier molecular flexibility index (Phi) is 6.24. The van der Waals surface area contributed by atoms with Gasteiger partial charge in [0.05, 0.1) is 0 Å². The maximum Gasteiger partial charge on any atom is 0.246 e. The van der Waals surface area contributed by atoms with Gasteiger partial charge in [-0.2, -0.15) is 0 Å². The molecule has 122 valence electrons. The van der Waals surface area contributed by atoms with Crippen LogP contribution in [0.15, 0.2) is 0 Å². The van der Waals surface area contributed by atoms with Crippen LogP contribution in [-0.2, 0) is 9.59 Å². The van der Waals surface area contributed by atoms with Gasteiger partial charge < -0.3 is 10.2 Å². The number of unbranched alkanes of at least 4 members (excludes halogenated alkanes) is 2. The molecule has 0 radical (unpaired) electrons. The molecule has 1 aliphatic heterocycles. The second-order valence-corrected chi connectivity index (χ2v) is 7.38. The summed E-state index contributed by atoms with van der Waals surface area (Å²) in [4.78, 5) is 27.2. The summed E-state index contributed by atoms with van der Waals surface area (Å²) < 4.78 is 0. The third kappa shape index (κ3) is 4.21. The summed E-state index contributed by atoms with van der Waals surface area (Å²) in [7, 11) is 0. The fourth-order valence-electron chi connectivity index (χ4n) is 2.89. The van der Waals surface area contributed by atoms with Gasteiger partial charge in [0.25, 0.3) is 0 Å². The number of nitrogens with zero attached hydrogens (tertiary/aromatic N) is 1. The van der Waals surface area contributed by atoms with Crippen LogP contribution in [-0.4, -0.2) is 35.3 Å². The molecule has 0 aliphatic carbocycles. The standard InChI is InChI=1S/C17H32N2O2/c1-7-9-10-11-19-13(12(3)8-2)15(20)18-14(16(19)21)17(4,5)6/h12-14H,7-11H2,1-6H3,(H,18,20). The molecule has 1 heterocycles. The van der Waals surface area contributed by atoms with Gasteiger partial charge in [-0.3, -0.25) is 9.59 Å². The van der Waals surface area contributed by atoms with Crippen molar-refractivity contribution in [1.82, 2.24) is 10.2 Å². The Hall–Kier alpha value is -1.06. The first-order valence-electron chi connectivity index (χ1n) is 8.34. The second-order valence-electron chi connectivity index (χ2n) is 7.38. The smallest absolute Gasteiger partial charge is 0.246 e. The summed E-state index contributed by atoms with van der Waals surface area (Å²) >= 11 is 0. The molecule has 4 heteroatoms. The lowest BCUT2D eigenvalue weighted by Crippen LogP contribution is -2.68. The molecule has 0 saturated carbocycles. The number of carbonyl (C=O) groups is 2. The van der Waals surface area contributed by atoms with E-state index in [2.05, 4.69) is 26.1 Å². The lowest BCUT2D eigenvalue weighted by Gasteiger charge is -2.45. The molecule has 0 spiro atoms. The Morgan fingerprint density at radius 3 is 2.29 bits per heavy atom. The summed E-state index contributed by atoms with van der Waals surface area (Å²) in [6.45, 7) is 13.0. The summed E-state index contributed by atoms with van der Waals surface area (Å²) in [5.74, 6) is 0.292. The molecular weight excluding hydrogens is 264 g/mol. The fourth-order valence-corrected chi connectivity index (χ4v) is 2.89. The topological polar surface area (TPSA) is 49.4 Å². The van der Waals surface area contributed by atoms with Crippen LogP contribution in [0.4, 0.5) is 0 Å². The molecule has 2 amide bonds. The van der Waals surface area contributed by atoms with E-state index in [1.54, 1.807) is 0 Å². The van der Waals surface area contributed by atoms with E-state index in [1.165, 1.54) is 0 Å². The van der Waals surface area contributed by atoms with Crippen molar-refractivity contribution in [2.45, 2.75) is 79.3 Å². The van der Waals surface area contributed by atoms with Gasteiger partial charge in [-0.25, -0.2) is 0 Å². The molecule has 21 heavy (non-hydrogen) atoms. The van der Waals surface area contributed by atoms with E-state index in [9.17, 15) is 9.59 Å². The number of nitrogens with one attached hydrogen (secondary N) is 1. The molecule has 3 atom stereocenters. The maximum absolute atomic E-state index is 12.9. The van der Waals surface area contributed by atoms with Crippen LogP contribution < -0.4 is 5.32 Å². The molecule has 1 N–H and O–H groups in total. The molecule has 0 aromatic heterocycles. The van der Waals surface area contributed by atoms with Crippen molar-refractivity contribution in [3.63, 3.8) is 0 Å². The molecule has 4 nitrogen and oxygen atoms in total. The predicted octanol–water partition coefficient (Wildman–Crippen LogP) is 2.96. The van der Waals surface area contributed by atoms with E-state index in [4.69, 9.17) is 0 Å². The van der Waals surface area contributed by atoms with E-state index >= 15 is 0 Å². The SMILES string of the molecule is CCCCCN1C(=O)C(C(C)(C)C)NC(=O)C1C(C)CC. The Morgan fingerprint density at radius 1 is 1.19 bits per heavy atom. The largest absolute Gasteiger partial charge is 0.342 e. The highest BCUT2D eigenvalue weighted by atomic mass is 16.2. The monoisotopic (exact) mass is 296 g/mol. The van der Waals surface area contributed by atoms with E-state index in [0.717, 1.165) is 25.7 Å². The van der Waals surface area contributed by atoms with Crippen molar-refractivity contribution in [3.8, 4) is 0 Å². The number of piperazine rings is 1. The van der Waals surface area contributed by atoms with Gasteiger partial charge in [0.2, 0.25) is 11.8 Å². The molecule has 0 bridgehead atoms.